The van der Waals surface area contributed by atoms with Crippen LogP contribution >= 0.6 is 24.8 Å². The van der Waals surface area contributed by atoms with E-state index in [4.69, 9.17) is 4.74 Å². The molecule has 0 bridgehead atoms. The summed E-state index contributed by atoms with van der Waals surface area (Å²) in [6.45, 7) is 5.17. The summed E-state index contributed by atoms with van der Waals surface area (Å²) in [4.78, 5) is 17.4. The molecule has 0 radical (unpaired) electrons. The van der Waals surface area contributed by atoms with Gasteiger partial charge in [0.25, 0.3) is 5.91 Å². The fourth-order valence-electron chi connectivity index (χ4n) is 3.64. The summed E-state index contributed by atoms with van der Waals surface area (Å²) in [5.74, 6) is 0.177. The van der Waals surface area contributed by atoms with Gasteiger partial charge in [0, 0.05) is 39.0 Å². The first-order chi connectivity index (χ1) is 11.2. The number of nitrogens with one attached hydrogen (secondary N) is 1. The Morgan fingerprint density at radius 3 is 2.36 bits per heavy atom. The van der Waals surface area contributed by atoms with E-state index in [1.165, 1.54) is 5.69 Å². The van der Waals surface area contributed by atoms with Gasteiger partial charge in [0.05, 0.1) is 0 Å². The van der Waals surface area contributed by atoms with Gasteiger partial charge in [-0.15, -0.1) is 24.8 Å². The van der Waals surface area contributed by atoms with Crippen molar-refractivity contribution >= 4 is 36.4 Å². The number of rotatable bonds is 3. The molecule has 1 amide bonds. The number of ether oxygens (including phenoxy) is 1. The molecule has 0 spiro atoms. The first-order valence-electron chi connectivity index (χ1n) is 8.60. The molecular formula is C18H29Cl2N3O2. The number of benzene rings is 1. The lowest BCUT2D eigenvalue weighted by Crippen LogP contribution is -2.55. The van der Waals surface area contributed by atoms with Crippen LogP contribution in [-0.4, -0.2) is 62.8 Å². The number of anilines is 1. The number of methoxy groups -OCH3 is 1. The number of carbonyl (C=O) groups excluding carboxylic acids is 1. The molecule has 5 nitrogen and oxygen atoms in total. The van der Waals surface area contributed by atoms with Gasteiger partial charge in [-0.25, -0.2) is 0 Å². The smallest absolute Gasteiger partial charge is 0.254 e. The first-order valence-corrected chi connectivity index (χ1v) is 8.60. The molecule has 2 heterocycles. The zero-order valence-electron chi connectivity index (χ0n) is 14.8. The number of carbonyl (C=O) groups is 1. The summed E-state index contributed by atoms with van der Waals surface area (Å²) >= 11 is 0. The lowest BCUT2D eigenvalue weighted by molar-refractivity contribution is -0.158. The van der Waals surface area contributed by atoms with Crippen molar-refractivity contribution in [1.82, 2.24) is 10.2 Å². The maximum Gasteiger partial charge on any atom is 0.254 e. The molecule has 25 heavy (non-hydrogen) atoms. The van der Waals surface area contributed by atoms with E-state index < -0.39 is 5.60 Å². The largest absolute Gasteiger partial charge is 0.370 e. The van der Waals surface area contributed by atoms with Crippen molar-refractivity contribution in [3.8, 4) is 0 Å². The Bertz CT molecular complexity index is 524. The van der Waals surface area contributed by atoms with E-state index in [-0.39, 0.29) is 30.7 Å². The van der Waals surface area contributed by atoms with Crippen LogP contribution in [0.3, 0.4) is 0 Å². The Morgan fingerprint density at radius 1 is 1.04 bits per heavy atom. The normalized spacial score (nSPS) is 20.0. The van der Waals surface area contributed by atoms with Crippen molar-refractivity contribution in [2.45, 2.75) is 24.9 Å². The van der Waals surface area contributed by atoms with Crippen molar-refractivity contribution in [1.29, 1.82) is 0 Å². The van der Waals surface area contributed by atoms with Crippen LogP contribution in [0.15, 0.2) is 30.3 Å². The van der Waals surface area contributed by atoms with E-state index in [1.807, 2.05) is 11.0 Å². The number of amides is 1. The number of piperidine rings is 1. The molecule has 0 aromatic heterocycles. The molecule has 7 heteroatoms. The summed E-state index contributed by atoms with van der Waals surface area (Å²) in [5.41, 5.74) is 0.623. The van der Waals surface area contributed by atoms with Crippen molar-refractivity contribution in [2.75, 3.05) is 51.3 Å². The van der Waals surface area contributed by atoms with Gasteiger partial charge in [-0.1, -0.05) is 18.2 Å². The number of halogens is 2. The maximum atomic E-state index is 13.1. The van der Waals surface area contributed by atoms with Crippen LogP contribution in [0.4, 0.5) is 5.69 Å². The third kappa shape index (κ3) is 5.00. The van der Waals surface area contributed by atoms with Crippen LogP contribution in [0.1, 0.15) is 19.3 Å². The minimum absolute atomic E-state index is 0. The Kier molecular flexibility index (Phi) is 9.00. The van der Waals surface area contributed by atoms with Crippen LogP contribution < -0.4 is 10.2 Å². The summed E-state index contributed by atoms with van der Waals surface area (Å²) in [7, 11) is 1.68. The lowest BCUT2D eigenvalue weighted by Gasteiger charge is -2.38. The zero-order chi connectivity index (χ0) is 16.1. The van der Waals surface area contributed by atoms with Crippen LogP contribution in [0.5, 0.6) is 0 Å². The fraction of sp³-hybridized carbons (Fsp3) is 0.611. The highest BCUT2D eigenvalue weighted by Crippen LogP contribution is 2.26. The predicted octanol–water partition coefficient (Wildman–Crippen LogP) is 2.34. The molecule has 142 valence electrons. The van der Waals surface area contributed by atoms with E-state index in [2.05, 4.69) is 34.5 Å². The molecule has 0 aliphatic carbocycles. The van der Waals surface area contributed by atoms with Gasteiger partial charge in [0.2, 0.25) is 0 Å². The van der Waals surface area contributed by atoms with E-state index in [9.17, 15) is 4.79 Å². The molecule has 2 aliphatic rings. The summed E-state index contributed by atoms with van der Waals surface area (Å²) in [5, 5.41) is 3.31. The molecule has 2 aliphatic heterocycles. The standard InChI is InChI=1S/C18H27N3O2.2ClH/c1-23-18(8-10-19-11-9-18)17(22)21-13-5-12-20(14-15-21)16-6-3-2-4-7-16;;/h2-4,6-7,19H,5,8-15H2,1H3;2*1H. The Hall–Kier alpha value is -1.01. The quantitative estimate of drug-likeness (QED) is 0.861. The van der Waals surface area contributed by atoms with Gasteiger partial charge in [0.15, 0.2) is 0 Å². The number of para-hydroxylation sites is 1. The van der Waals surface area contributed by atoms with Gasteiger partial charge in [0.1, 0.15) is 5.60 Å². The van der Waals surface area contributed by atoms with Crippen LogP contribution in [-0.2, 0) is 9.53 Å². The topological polar surface area (TPSA) is 44.8 Å². The molecule has 2 fully saturated rings. The number of hydrogen-bond acceptors (Lipinski definition) is 4. The van der Waals surface area contributed by atoms with Gasteiger partial charge < -0.3 is 19.9 Å². The molecule has 0 unspecified atom stereocenters. The molecule has 3 rings (SSSR count). The monoisotopic (exact) mass is 389 g/mol. The number of hydrogen-bond donors (Lipinski definition) is 1. The molecule has 0 atom stereocenters. The second kappa shape index (κ2) is 10.2. The molecule has 1 aromatic rings. The van der Waals surface area contributed by atoms with Crippen LogP contribution in [0.25, 0.3) is 0 Å². The minimum atomic E-state index is -0.618. The highest BCUT2D eigenvalue weighted by molar-refractivity contribution is 5.86. The second-order valence-corrected chi connectivity index (χ2v) is 6.42. The highest BCUT2D eigenvalue weighted by Gasteiger charge is 2.42. The third-order valence-corrected chi connectivity index (χ3v) is 5.10. The third-order valence-electron chi connectivity index (χ3n) is 5.10. The summed E-state index contributed by atoms with van der Waals surface area (Å²) in [6.07, 6.45) is 2.53. The molecule has 2 saturated heterocycles. The van der Waals surface area contributed by atoms with Gasteiger partial charge >= 0.3 is 0 Å². The van der Waals surface area contributed by atoms with Crippen LogP contribution in [0, 0.1) is 0 Å². The van der Waals surface area contributed by atoms with E-state index in [1.54, 1.807) is 7.11 Å². The summed E-state index contributed by atoms with van der Waals surface area (Å²) < 4.78 is 5.70. The molecular weight excluding hydrogens is 361 g/mol. The van der Waals surface area contributed by atoms with Gasteiger partial charge in [-0.2, -0.15) is 0 Å². The predicted molar refractivity (Wildman–Crippen MR) is 106 cm³/mol. The highest BCUT2D eigenvalue weighted by atomic mass is 35.5. The lowest BCUT2D eigenvalue weighted by atomic mass is 9.90. The molecule has 1 N–H and O–H groups in total. The molecule has 1 aromatic carbocycles. The van der Waals surface area contributed by atoms with Gasteiger partial charge in [-0.05, 0) is 44.5 Å². The Balaban J connectivity index is 0.00000156. The summed E-state index contributed by atoms with van der Waals surface area (Å²) in [6, 6.07) is 10.5. The molecule has 0 saturated carbocycles. The van der Waals surface area contributed by atoms with Crippen LogP contribution in [0.2, 0.25) is 0 Å². The van der Waals surface area contributed by atoms with Crippen molar-refractivity contribution in [3.63, 3.8) is 0 Å². The second-order valence-electron chi connectivity index (χ2n) is 6.42. The maximum absolute atomic E-state index is 13.1. The minimum Gasteiger partial charge on any atom is -0.370 e. The van der Waals surface area contributed by atoms with Gasteiger partial charge in [-0.3, -0.25) is 4.79 Å². The Morgan fingerprint density at radius 2 is 1.72 bits per heavy atom. The average Bonchev–Trinajstić information content (AvgIpc) is 2.88. The van der Waals surface area contributed by atoms with E-state index >= 15 is 0 Å². The number of nitrogens with zero attached hydrogens (tertiary/aromatic N) is 2. The Labute approximate surface area is 162 Å². The van der Waals surface area contributed by atoms with E-state index in [0.29, 0.717) is 0 Å². The van der Waals surface area contributed by atoms with Crippen molar-refractivity contribution in [3.05, 3.63) is 30.3 Å². The first kappa shape index (κ1) is 22.0. The van der Waals surface area contributed by atoms with Crippen molar-refractivity contribution < 1.29 is 9.53 Å². The van der Waals surface area contributed by atoms with E-state index in [0.717, 1.165) is 58.5 Å². The fourth-order valence-corrected chi connectivity index (χ4v) is 3.64. The average molecular weight is 390 g/mol. The zero-order valence-corrected chi connectivity index (χ0v) is 16.4. The van der Waals surface area contributed by atoms with Crippen molar-refractivity contribution in [2.24, 2.45) is 0 Å². The SMILES string of the molecule is COC1(C(=O)N2CCCN(c3ccccc3)CC2)CCNCC1.Cl.Cl.